The molecule has 1 rings (SSSR count). The van der Waals surface area contributed by atoms with Gasteiger partial charge in [0.15, 0.2) is 5.82 Å². The molecule has 0 unspecified atom stereocenters. The first-order valence-corrected chi connectivity index (χ1v) is 6.78. The molecule has 7 nitrogen and oxygen atoms in total. The van der Waals surface area contributed by atoms with E-state index >= 15 is 0 Å². The van der Waals surface area contributed by atoms with E-state index in [1.54, 1.807) is 0 Å². The predicted octanol–water partition coefficient (Wildman–Crippen LogP) is 0.217. The molecule has 1 heterocycles. The number of hydrogen-bond donors (Lipinski definition) is 1. The van der Waals surface area contributed by atoms with Gasteiger partial charge in [0.2, 0.25) is 0 Å². The minimum atomic E-state index is -3.89. The number of ether oxygens (including phenoxy) is 1. The molecule has 8 heteroatoms. The van der Waals surface area contributed by atoms with Gasteiger partial charge in [0.1, 0.15) is 6.61 Å². The van der Waals surface area contributed by atoms with E-state index in [4.69, 9.17) is 9.88 Å². The molecule has 0 saturated heterocycles. The van der Waals surface area contributed by atoms with Crippen LogP contribution in [0.25, 0.3) is 0 Å². The number of sulfonamides is 1. The number of nitrogens with zero attached hydrogens (tertiary/aromatic N) is 3. The Hall–Kier alpha value is -0.990. The Morgan fingerprint density at radius 1 is 1.35 bits per heavy atom. The lowest BCUT2D eigenvalue weighted by atomic mass is 10.1. The SMILES string of the molecule is CCOCc1nnc(S(N)(=O)=O)n1C(C)(C)C. The summed E-state index contributed by atoms with van der Waals surface area (Å²) in [6, 6.07) is 0. The van der Waals surface area contributed by atoms with Crippen molar-refractivity contribution in [1.29, 1.82) is 0 Å². The number of primary sulfonamides is 1. The second kappa shape index (κ2) is 4.71. The summed E-state index contributed by atoms with van der Waals surface area (Å²) >= 11 is 0. The molecule has 0 aliphatic rings. The van der Waals surface area contributed by atoms with Gasteiger partial charge in [-0.2, -0.15) is 0 Å². The number of aromatic nitrogens is 3. The topological polar surface area (TPSA) is 100 Å². The van der Waals surface area contributed by atoms with Crippen molar-refractivity contribution in [2.24, 2.45) is 5.14 Å². The maximum absolute atomic E-state index is 11.4. The molecular weight excluding hydrogens is 244 g/mol. The largest absolute Gasteiger partial charge is 0.374 e. The standard InChI is InChI=1S/C9H18N4O3S/c1-5-16-6-7-11-12-8(17(10,14)15)13(7)9(2,3)4/h5-6H2,1-4H3,(H2,10,14,15). The van der Waals surface area contributed by atoms with Crippen LogP contribution in [-0.2, 0) is 26.9 Å². The van der Waals surface area contributed by atoms with Crippen LogP contribution in [0.1, 0.15) is 33.5 Å². The summed E-state index contributed by atoms with van der Waals surface area (Å²) in [5.74, 6) is 0.448. The number of hydrogen-bond acceptors (Lipinski definition) is 5. The van der Waals surface area contributed by atoms with Gasteiger partial charge in [-0.05, 0) is 27.7 Å². The van der Waals surface area contributed by atoms with Crippen molar-refractivity contribution in [3.63, 3.8) is 0 Å². The summed E-state index contributed by atoms with van der Waals surface area (Å²) < 4.78 is 29.5. The van der Waals surface area contributed by atoms with Crippen LogP contribution in [-0.4, -0.2) is 29.8 Å². The Morgan fingerprint density at radius 3 is 2.35 bits per heavy atom. The van der Waals surface area contributed by atoms with E-state index in [0.717, 1.165) is 0 Å². The molecule has 0 fully saturated rings. The van der Waals surface area contributed by atoms with Crippen molar-refractivity contribution in [1.82, 2.24) is 14.8 Å². The Bertz CT molecular complexity index is 487. The van der Waals surface area contributed by atoms with Crippen LogP contribution in [0.15, 0.2) is 5.16 Å². The van der Waals surface area contributed by atoms with Gasteiger partial charge < -0.3 is 4.74 Å². The third-order valence-electron chi connectivity index (χ3n) is 2.06. The zero-order valence-electron chi connectivity index (χ0n) is 10.5. The highest BCUT2D eigenvalue weighted by atomic mass is 32.2. The normalized spacial score (nSPS) is 13.0. The maximum Gasteiger partial charge on any atom is 0.273 e. The fourth-order valence-corrected chi connectivity index (χ4v) is 2.23. The van der Waals surface area contributed by atoms with E-state index in [0.29, 0.717) is 12.4 Å². The average Bonchev–Trinajstić information content (AvgIpc) is 2.56. The van der Waals surface area contributed by atoms with Gasteiger partial charge in [-0.25, -0.2) is 13.6 Å². The molecule has 17 heavy (non-hydrogen) atoms. The first-order chi connectivity index (χ1) is 7.68. The Morgan fingerprint density at radius 2 is 1.94 bits per heavy atom. The second-order valence-corrected chi connectivity index (χ2v) is 6.04. The van der Waals surface area contributed by atoms with E-state index in [1.807, 2.05) is 27.7 Å². The van der Waals surface area contributed by atoms with Crippen molar-refractivity contribution in [2.75, 3.05) is 6.61 Å². The predicted molar refractivity (Wildman–Crippen MR) is 61.7 cm³/mol. The summed E-state index contributed by atoms with van der Waals surface area (Å²) in [7, 11) is -3.89. The fourth-order valence-electron chi connectivity index (χ4n) is 1.45. The van der Waals surface area contributed by atoms with Crippen LogP contribution in [0.2, 0.25) is 0 Å². The highest BCUT2D eigenvalue weighted by Crippen LogP contribution is 2.21. The van der Waals surface area contributed by atoms with Gasteiger partial charge in [0, 0.05) is 12.1 Å². The van der Waals surface area contributed by atoms with Crippen molar-refractivity contribution in [3.05, 3.63) is 5.82 Å². The van der Waals surface area contributed by atoms with Crippen molar-refractivity contribution < 1.29 is 13.2 Å². The van der Waals surface area contributed by atoms with E-state index in [1.165, 1.54) is 4.57 Å². The molecule has 0 aliphatic carbocycles. The summed E-state index contributed by atoms with van der Waals surface area (Å²) in [6.45, 7) is 8.11. The average molecular weight is 262 g/mol. The molecule has 0 atom stereocenters. The Kier molecular flexibility index (Phi) is 3.90. The molecule has 0 spiro atoms. The first kappa shape index (κ1) is 14.1. The van der Waals surface area contributed by atoms with Crippen LogP contribution in [0.4, 0.5) is 0 Å². The summed E-state index contributed by atoms with van der Waals surface area (Å²) in [5, 5.41) is 12.3. The second-order valence-electron chi connectivity index (χ2n) is 4.59. The quantitative estimate of drug-likeness (QED) is 0.836. The molecule has 0 aromatic carbocycles. The molecule has 0 aliphatic heterocycles. The molecule has 2 N–H and O–H groups in total. The zero-order chi connectivity index (χ0) is 13.3. The van der Waals surface area contributed by atoms with Gasteiger partial charge in [-0.3, -0.25) is 4.57 Å². The first-order valence-electron chi connectivity index (χ1n) is 5.23. The minimum absolute atomic E-state index is 0.205. The van der Waals surface area contributed by atoms with Gasteiger partial charge in [-0.15, -0.1) is 10.2 Å². The van der Waals surface area contributed by atoms with Crippen LogP contribution in [0, 0.1) is 0 Å². The lowest BCUT2D eigenvalue weighted by Crippen LogP contribution is -2.30. The minimum Gasteiger partial charge on any atom is -0.374 e. The van der Waals surface area contributed by atoms with E-state index in [2.05, 4.69) is 10.2 Å². The highest BCUT2D eigenvalue weighted by molar-refractivity contribution is 7.89. The molecule has 0 saturated carbocycles. The molecule has 1 aromatic rings. The van der Waals surface area contributed by atoms with Gasteiger partial charge in [-0.1, -0.05) is 0 Å². The third-order valence-corrected chi connectivity index (χ3v) is 2.83. The number of nitrogens with two attached hydrogens (primary N) is 1. The van der Waals surface area contributed by atoms with E-state index in [9.17, 15) is 8.42 Å². The Labute approximate surface area is 101 Å². The van der Waals surface area contributed by atoms with Gasteiger partial charge in [0.25, 0.3) is 15.2 Å². The molecule has 98 valence electrons. The highest BCUT2D eigenvalue weighted by Gasteiger charge is 2.28. The smallest absolute Gasteiger partial charge is 0.273 e. The van der Waals surface area contributed by atoms with Crippen LogP contribution >= 0.6 is 0 Å². The fraction of sp³-hybridized carbons (Fsp3) is 0.778. The molecule has 0 radical (unpaired) electrons. The zero-order valence-corrected chi connectivity index (χ0v) is 11.3. The molecule has 0 bridgehead atoms. The van der Waals surface area contributed by atoms with Crippen LogP contribution in [0.5, 0.6) is 0 Å². The van der Waals surface area contributed by atoms with E-state index in [-0.39, 0.29) is 11.8 Å². The maximum atomic E-state index is 11.4. The lowest BCUT2D eigenvalue weighted by Gasteiger charge is -2.24. The van der Waals surface area contributed by atoms with Crippen molar-refractivity contribution in [2.45, 2.75) is 45.0 Å². The summed E-state index contributed by atoms with van der Waals surface area (Å²) in [4.78, 5) is 0. The lowest BCUT2D eigenvalue weighted by molar-refractivity contribution is 0.120. The molecular formula is C9H18N4O3S. The monoisotopic (exact) mass is 262 g/mol. The van der Waals surface area contributed by atoms with Gasteiger partial charge >= 0.3 is 0 Å². The van der Waals surface area contributed by atoms with Crippen LogP contribution < -0.4 is 5.14 Å². The van der Waals surface area contributed by atoms with Crippen molar-refractivity contribution >= 4 is 10.0 Å². The van der Waals surface area contributed by atoms with Gasteiger partial charge in [0.05, 0.1) is 0 Å². The Balaban J connectivity index is 3.31. The van der Waals surface area contributed by atoms with Crippen molar-refractivity contribution in [3.8, 4) is 0 Å². The molecule has 1 aromatic heterocycles. The summed E-state index contributed by atoms with van der Waals surface area (Å²) in [5.41, 5.74) is -0.488. The molecule has 0 amide bonds. The number of rotatable bonds is 4. The third kappa shape index (κ3) is 3.24. The summed E-state index contributed by atoms with van der Waals surface area (Å²) in [6.07, 6.45) is 0. The van der Waals surface area contributed by atoms with Crippen LogP contribution in [0.3, 0.4) is 0 Å². The van der Waals surface area contributed by atoms with E-state index < -0.39 is 15.6 Å².